The molecule has 0 amide bonds. The van der Waals surface area contributed by atoms with Crippen LogP contribution in [-0.2, 0) is 10.8 Å². The van der Waals surface area contributed by atoms with Gasteiger partial charge in [0.15, 0.2) is 5.82 Å². The van der Waals surface area contributed by atoms with Crippen LogP contribution in [0.1, 0.15) is 52.7 Å². The number of aromatic hydroxyl groups is 1. The van der Waals surface area contributed by atoms with E-state index < -0.39 is 0 Å². The third kappa shape index (κ3) is 6.69. The van der Waals surface area contributed by atoms with E-state index in [1.807, 2.05) is 36.5 Å². The van der Waals surface area contributed by atoms with Gasteiger partial charge in [0, 0.05) is 44.9 Å². The first-order valence-electron chi connectivity index (χ1n) is 18.5. The lowest BCUT2D eigenvalue weighted by atomic mass is 9.78. The van der Waals surface area contributed by atoms with Gasteiger partial charge in [-0.05, 0) is 63.6 Å². The van der Waals surface area contributed by atoms with Crippen molar-refractivity contribution >= 4 is 38.7 Å². The van der Waals surface area contributed by atoms with E-state index in [-0.39, 0.29) is 16.6 Å². The molecule has 0 radical (unpaired) electrons. The van der Waals surface area contributed by atoms with E-state index in [4.69, 9.17) is 15.0 Å². The molecule has 0 spiro atoms. The Morgan fingerprint density at radius 3 is 1.94 bits per heavy atom. The standard InChI is InChI=1S/C49H44N4O/c1-48(2,3)37-28-40(46(54)41(29-37)49(4,5)6)43-30-42(33-17-8-7-9-18-33)51-47(52-43)35-22-14-23-38(26-35)53(44-25-15-21-32-16-12-13-24-39(32)44)45-27-34-19-10-11-20-36(34)31-50-45/h7-31,54H,1-6H3. The van der Waals surface area contributed by atoms with Crippen molar-refractivity contribution < 1.29 is 5.11 Å². The molecule has 6 aromatic carbocycles. The number of aromatic nitrogens is 3. The van der Waals surface area contributed by atoms with Crippen LogP contribution in [0.2, 0.25) is 0 Å². The SMILES string of the molecule is CC(C)(C)c1cc(-c2cc(-c3ccccc3)nc(-c3cccc(N(c4cc5ccccc5cn4)c4cccc5ccccc45)c3)n2)c(O)c(C(C)(C)C)c1. The van der Waals surface area contributed by atoms with Gasteiger partial charge in [-0.2, -0.15) is 0 Å². The maximum atomic E-state index is 11.9. The second-order valence-electron chi connectivity index (χ2n) is 16.0. The van der Waals surface area contributed by atoms with E-state index >= 15 is 0 Å². The third-order valence-corrected chi connectivity index (χ3v) is 10.1. The summed E-state index contributed by atoms with van der Waals surface area (Å²) in [6.45, 7) is 13.0. The number of fused-ring (bicyclic) bond motifs is 2. The summed E-state index contributed by atoms with van der Waals surface area (Å²) < 4.78 is 0. The molecule has 0 aliphatic rings. The van der Waals surface area contributed by atoms with Crippen molar-refractivity contribution in [2.45, 2.75) is 52.4 Å². The highest BCUT2D eigenvalue weighted by Gasteiger charge is 2.27. The summed E-state index contributed by atoms with van der Waals surface area (Å²) in [4.78, 5) is 17.6. The Labute approximate surface area is 317 Å². The fraction of sp³-hybridized carbons (Fsp3) is 0.163. The van der Waals surface area contributed by atoms with Crippen LogP contribution < -0.4 is 4.90 Å². The van der Waals surface area contributed by atoms with Crippen molar-refractivity contribution in [2.24, 2.45) is 0 Å². The molecule has 5 heteroatoms. The molecule has 0 aliphatic carbocycles. The van der Waals surface area contributed by atoms with Crippen molar-refractivity contribution in [1.82, 2.24) is 15.0 Å². The van der Waals surface area contributed by atoms with Gasteiger partial charge in [-0.15, -0.1) is 0 Å². The van der Waals surface area contributed by atoms with E-state index in [1.54, 1.807) is 0 Å². The topological polar surface area (TPSA) is 62.1 Å². The molecule has 8 aromatic rings. The lowest BCUT2D eigenvalue weighted by molar-refractivity contribution is 0.446. The zero-order valence-corrected chi connectivity index (χ0v) is 31.7. The average molecular weight is 705 g/mol. The number of hydrogen-bond donors (Lipinski definition) is 1. The van der Waals surface area contributed by atoms with Gasteiger partial charge in [0.05, 0.1) is 17.1 Å². The molecule has 0 saturated carbocycles. The summed E-state index contributed by atoms with van der Waals surface area (Å²) in [5, 5.41) is 16.4. The minimum absolute atomic E-state index is 0.142. The van der Waals surface area contributed by atoms with E-state index in [2.05, 4.69) is 162 Å². The van der Waals surface area contributed by atoms with Crippen LogP contribution in [0, 0.1) is 0 Å². The summed E-state index contributed by atoms with van der Waals surface area (Å²) in [6, 6.07) is 50.0. The molecule has 266 valence electrons. The molecule has 0 fully saturated rings. The van der Waals surface area contributed by atoms with Gasteiger partial charge in [0.1, 0.15) is 11.6 Å². The van der Waals surface area contributed by atoms with Crippen LogP contribution in [0.5, 0.6) is 5.75 Å². The summed E-state index contributed by atoms with van der Waals surface area (Å²) in [5.41, 5.74) is 7.51. The highest BCUT2D eigenvalue weighted by molar-refractivity contribution is 5.99. The Morgan fingerprint density at radius 1 is 0.537 bits per heavy atom. The number of pyridine rings is 1. The molecule has 0 bridgehead atoms. The quantitative estimate of drug-likeness (QED) is 0.187. The number of phenolic OH excluding ortho intramolecular Hbond substituents is 1. The minimum atomic E-state index is -0.283. The van der Waals surface area contributed by atoms with Gasteiger partial charge in [-0.25, -0.2) is 15.0 Å². The first kappa shape index (κ1) is 34.7. The first-order valence-corrected chi connectivity index (χ1v) is 18.5. The van der Waals surface area contributed by atoms with Crippen LogP contribution in [0.3, 0.4) is 0 Å². The molecule has 2 heterocycles. The van der Waals surface area contributed by atoms with E-state index in [9.17, 15) is 5.11 Å². The van der Waals surface area contributed by atoms with Crippen LogP contribution in [-0.4, -0.2) is 20.1 Å². The molecule has 0 aliphatic heterocycles. The summed E-state index contributed by atoms with van der Waals surface area (Å²) >= 11 is 0. The highest BCUT2D eigenvalue weighted by atomic mass is 16.3. The van der Waals surface area contributed by atoms with Crippen LogP contribution in [0.25, 0.3) is 55.4 Å². The van der Waals surface area contributed by atoms with Crippen molar-refractivity contribution in [3.05, 3.63) is 163 Å². The predicted molar refractivity (Wildman–Crippen MR) is 225 cm³/mol. The van der Waals surface area contributed by atoms with Crippen molar-refractivity contribution in [1.29, 1.82) is 0 Å². The molecule has 1 N–H and O–H groups in total. The number of anilines is 3. The number of benzene rings is 6. The molecule has 5 nitrogen and oxygen atoms in total. The zero-order chi connectivity index (χ0) is 37.6. The summed E-state index contributed by atoms with van der Waals surface area (Å²) in [5.74, 6) is 1.62. The second-order valence-corrected chi connectivity index (χ2v) is 16.0. The maximum Gasteiger partial charge on any atom is 0.160 e. The Hall–Kier alpha value is -6.33. The summed E-state index contributed by atoms with van der Waals surface area (Å²) in [6.07, 6.45) is 1.94. The second kappa shape index (κ2) is 13.6. The van der Waals surface area contributed by atoms with Crippen molar-refractivity contribution in [3.63, 3.8) is 0 Å². The number of hydrogen-bond acceptors (Lipinski definition) is 5. The Bertz CT molecular complexity index is 2650. The van der Waals surface area contributed by atoms with Gasteiger partial charge in [0.25, 0.3) is 0 Å². The van der Waals surface area contributed by atoms with E-state index in [1.165, 1.54) is 0 Å². The van der Waals surface area contributed by atoms with Gasteiger partial charge < -0.3 is 5.11 Å². The smallest absolute Gasteiger partial charge is 0.160 e. The number of phenols is 1. The first-order chi connectivity index (χ1) is 25.9. The molecular weight excluding hydrogens is 661 g/mol. The Balaban J connectivity index is 1.35. The van der Waals surface area contributed by atoms with Crippen LogP contribution >= 0.6 is 0 Å². The average Bonchev–Trinajstić information content (AvgIpc) is 3.17. The fourth-order valence-corrected chi connectivity index (χ4v) is 7.08. The molecule has 0 saturated heterocycles. The van der Waals surface area contributed by atoms with Gasteiger partial charge in [-0.1, -0.05) is 151 Å². The Kier molecular flexibility index (Phi) is 8.74. The van der Waals surface area contributed by atoms with Gasteiger partial charge >= 0.3 is 0 Å². The van der Waals surface area contributed by atoms with E-state index in [0.29, 0.717) is 17.1 Å². The van der Waals surface area contributed by atoms with Gasteiger partial charge in [0.2, 0.25) is 0 Å². The van der Waals surface area contributed by atoms with Crippen LogP contribution in [0.4, 0.5) is 17.2 Å². The molecule has 8 rings (SSSR count). The van der Waals surface area contributed by atoms with Gasteiger partial charge in [-0.3, -0.25) is 4.90 Å². The lowest BCUT2D eigenvalue weighted by Gasteiger charge is -2.27. The summed E-state index contributed by atoms with van der Waals surface area (Å²) in [7, 11) is 0. The number of nitrogens with zero attached hydrogens (tertiary/aromatic N) is 4. The number of rotatable bonds is 6. The molecular formula is C49H44N4O. The lowest BCUT2D eigenvalue weighted by Crippen LogP contribution is -2.17. The normalized spacial score (nSPS) is 12.0. The Morgan fingerprint density at radius 2 is 1.19 bits per heavy atom. The fourth-order valence-electron chi connectivity index (χ4n) is 7.08. The third-order valence-electron chi connectivity index (χ3n) is 10.1. The molecule has 0 atom stereocenters. The van der Waals surface area contributed by atoms with E-state index in [0.717, 1.165) is 66.7 Å². The van der Waals surface area contributed by atoms with Crippen molar-refractivity contribution in [3.8, 4) is 39.7 Å². The zero-order valence-electron chi connectivity index (χ0n) is 31.7. The molecule has 2 aromatic heterocycles. The van der Waals surface area contributed by atoms with Crippen molar-refractivity contribution in [2.75, 3.05) is 4.90 Å². The monoisotopic (exact) mass is 704 g/mol. The molecule has 0 unspecified atom stereocenters. The maximum absolute atomic E-state index is 11.9. The predicted octanol–water partition coefficient (Wildman–Crippen LogP) is 12.9. The largest absolute Gasteiger partial charge is 0.507 e. The minimum Gasteiger partial charge on any atom is -0.507 e. The van der Waals surface area contributed by atoms with Crippen LogP contribution in [0.15, 0.2) is 152 Å². The molecule has 54 heavy (non-hydrogen) atoms. The highest BCUT2D eigenvalue weighted by Crippen LogP contribution is 2.44.